The van der Waals surface area contributed by atoms with Crippen LogP contribution in [0.2, 0.25) is 18.1 Å². The van der Waals surface area contributed by atoms with E-state index in [1.165, 1.54) is 44.9 Å². The van der Waals surface area contributed by atoms with E-state index in [4.69, 9.17) is 4.43 Å². The lowest BCUT2D eigenvalue weighted by Gasteiger charge is -2.38. The SMILES string of the molecule is C/C=C(\CCCCCCCC)CC(C)O[Si](C)(C)C(C)(C)C. The third kappa shape index (κ3) is 9.15. The van der Waals surface area contributed by atoms with Gasteiger partial charge in [0.05, 0.1) is 0 Å². The minimum atomic E-state index is -1.63. The van der Waals surface area contributed by atoms with E-state index >= 15 is 0 Å². The van der Waals surface area contributed by atoms with Gasteiger partial charge in [0.2, 0.25) is 0 Å². The van der Waals surface area contributed by atoms with Gasteiger partial charge in [0.1, 0.15) is 0 Å². The molecule has 0 spiro atoms. The Morgan fingerprint density at radius 3 is 2.09 bits per heavy atom. The third-order valence-corrected chi connectivity index (χ3v) is 9.72. The van der Waals surface area contributed by atoms with Crippen molar-refractivity contribution in [2.45, 2.75) is 117 Å². The topological polar surface area (TPSA) is 9.23 Å². The Bertz CT molecular complexity index is 312. The smallest absolute Gasteiger partial charge is 0.192 e. The molecule has 0 aromatic heterocycles. The predicted octanol–water partition coefficient (Wildman–Crippen LogP) is 7.48. The summed E-state index contributed by atoms with van der Waals surface area (Å²) in [7, 11) is -1.63. The Morgan fingerprint density at radius 1 is 1.05 bits per heavy atom. The van der Waals surface area contributed by atoms with Crippen molar-refractivity contribution in [2.75, 3.05) is 0 Å². The molecule has 0 N–H and O–H groups in total. The van der Waals surface area contributed by atoms with Crippen LogP contribution in [0.1, 0.15) is 92.9 Å². The van der Waals surface area contributed by atoms with Crippen LogP contribution in [0.3, 0.4) is 0 Å². The van der Waals surface area contributed by atoms with Crippen molar-refractivity contribution in [3.63, 3.8) is 0 Å². The van der Waals surface area contributed by atoms with Crippen LogP contribution >= 0.6 is 0 Å². The molecule has 0 radical (unpaired) electrons. The molecule has 1 nitrogen and oxygen atoms in total. The molecule has 22 heavy (non-hydrogen) atoms. The maximum absolute atomic E-state index is 6.49. The maximum atomic E-state index is 6.49. The molecule has 0 saturated heterocycles. The van der Waals surface area contributed by atoms with Crippen molar-refractivity contribution in [3.8, 4) is 0 Å². The van der Waals surface area contributed by atoms with Gasteiger partial charge in [0, 0.05) is 6.10 Å². The summed E-state index contributed by atoms with van der Waals surface area (Å²) in [6.45, 7) is 18.4. The van der Waals surface area contributed by atoms with E-state index < -0.39 is 8.32 Å². The zero-order chi connectivity index (χ0) is 17.2. The molecule has 1 unspecified atom stereocenters. The van der Waals surface area contributed by atoms with Crippen LogP contribution in [0.25, 0.3) is 0 Å². The Balaban J connectivity index is 4.12. The van der Waals surface area contributed by atoms with Crippen molar-refractivity contribution < 1.29 is 4.43 Å². The van der Waals surface area contributed by atoms with Crippen molar-refractivity contribution in [2.24, 2.45) is 0 Å². The highest BCUT2D eigenvalue weighted by Crippen LogP contribution is 2.38. The highest BCUT2D eigenvalue weighted by molar-refractivity contribution is 6.74. The molecule has 0 amide bonds. The summed E-state index contributed by atoms with van der Waals surface area (Å²) >= 11 is 0. The summed E-state index contributed by atoms with van der Waals surface area (Å²) < 4.78 is 6.49. The average Bonchev–Trinajstić information content (AvgIpc) is 2.39. The van der Waals surface area contributed by atoms with Gasteiger partial charge in [-0.3, -0.25) is 0 Å². The predicted molar refractivity (Wildman–Crippen MR) is 104 cm³/mol. The molecule has 132 valence electrons. The summed E-state index contributed by atoms with van der Waals surface area (Å²) in [5.41, 5.74) is 1.58. The second-order valence-corrected chi connectivity index (χ2v) is 13.1. The van der Waals surface area contributed by atoms with Crippen molar-refractivity contribution in [1.29, 1.82) is 0 Å². The summed E-state index contributed by atoms with van der Waals surface area (Å²) in [4.78, 5) is 0. The lowest BCUT2D eigenvalue weighted by Crippen LogP contribution is -2.43. The molecule has 0 rings (SSSR count). The highest BCUT2D eigenvalue weighted by Gasteiger charge is 2.38. The van der Waals surface area contributed by atoms with E-state index in [1.54, 1.807) is 5.57 Å². The van der Waals surface area contributed by atoms with Gasteiger partial charge in [0.25, 0.3) is 0 Å². The number of allylic oxidation sites excluding steroid dienone is 1. The molecular formula is C20H42OSi. The lowest BCUT2D eigenvalue weighted by molar-refractivity contribution is 0.198. The van der Waals surface area contributed by atoms with Crippen LogP contribution in [0.15, 0.2) is 11.6 Å². The minimum Gasteiger partial charge on any atom is -0.414 e. The van der Waals surface area contributed by atoms with Gasteiger partial charge in [0.15, 0.2) is 8.32 Å². The molecule has 0 aromatic rings. The molecule has 0 aliphatic rings. The Morgan fingerprint density at radius 2 is 1.59 bits per heavy atom. The first kappa shape index (κ1) is 21.9. The number of hydrogen-bond acceptors (Lipinski definition) is 1. The molecule has 0 aromatic carbocycles. The van der Waals surface area contributed by atoms with Gasteiger partial charge in [-0.2, -0.15) is 0 Å². The Labute approximate surface area is 142 Å². The summed E-state index contributed by atoms with van der Waals surface area (Å²) in [6.07, 6.45) is 13.3. The van der Waals surface area contributed by atoms with Gasteiger partial charge >= 0.3 is 0 Å². The first-order chi connectivity index (χ1) is 10.1. The van der Waals surface area contributed by atoms with Gasteiger partial charge < -0.3 is 4.43 Å². The fraction of sp³-hybridized carbons (Fsp3) is 0.900. The second kappa shape index (κ2) is 10.6. The highest BCUT2D eigenvalue weighted by atomic mass is 28.4. The fourth-order valence-corrected chi connectivity index (χ4v) is 4.03. The first-order valence-electron chi connectivity index (χ1n) is 9.46. The number of rotatable bonds is 11. The summed E-state index contributed by atoms with van der Waals surface area (Å²) in [6, 6.07) is 0. The van der Waals surface area contributed by atoms with Crippen molar-refractivity contribution >= 4 is 8.32 Å². The fourth-order valence-electron chi connectivity index (χ4n) is 2.59. The average molecular weight is 327 g/mol. The van der Waals surface area contributed by atoms with Crippen molar-refractivity contribution in [1.82, 2.24) is 0 Å². The van der Waals surface area contributed by atoms with Crippen LogP contribution in [-0.4, -0.2) is 14.4 Å². The molecule has 0 fully saturated rings. The van der Waals surface area contributed by atoms with Crippen LogP contribution in [0.4, 0.5) is 0 Å². The van der Waals surface area contributed by atoms with E-state index in [9.17, 15) is 0 Å². The van der Waals surface area contributed by atoms with Gasteiger partial charge in [-0.1, -0.05) is 71.4 Å². The Kier molecular flexibility index (Phi) is 10.6. The van der Waals surface area contributed by atoms with Crippen LogP contribution in [0, 0.1) is 0 Å². The molecule has 0 saturated carbocycles. The molecule has 2 heteroatoms. The van der Waals surface area contributed by atoms with Gasteiger partial charge in [-0.05, 0) is 51.2 Å². The van der Waals surface area contributed by atoms with Crippen LogP contribution in [-0.2, 0) is 4.43 Å². The third-order valence-electron chi connectivity index (χ3n) is 5.11. The molecule has 0 heterocycles. The zero-order valence-corrected chi connectivity index (χ0v) is 17.7. The molecule has 0 aliphatic carbocycles. The monoisotopic (exact) mass is 326 g/mol. The molecular weight excluding hydrogens is 284 g/mol. The number of unbranched alkanes of at least 4 members (excludes halogenated alkanes) is 5. The molecule has 0 bridgehead atoms. The first-order valence-corrected chi connectivity index (χ1v) is 12.4. The van der Waals surface area contributed by atoms with E-state index in [2.05, 4.69) is 60.7 Å². The van der Waals surface area contributed by atoms with E-state index in [0.29, 0.717) is 11.1 Å². The van der Waals surface area contributed by atoms with Crippen LogP contribution < -0.4 is 0 Å². The van der Waals surface area contributed by atoms with E-state index in [0.717, 1.165) is 6.42 Å². The largest absolute Gasteiger partial charge is 0.414 e. The summed E-state index contributed by atoms with van der Waals surface area (Å²) in [5, 5.41) is 0.302. The van der Waals surface area contributed by atoms with E-state index in [1.807, 2.05) is 0 Å². The van der Waals surface area contributed by atoms with Gasteiger partial charge in [-0.25, -0.2) is 0 Å². The minimum absolute atomic E-state index is 0.302. The summed E-state index contributed by atoms with van der Waals surface area (Å²) in [5.74, 6) is 0. The number of hydrogen-bond donors (Lipinski definition) is 0. The lowest BCUT2D eigenvalue weighted by atomic mass is 10.0. The van der Waals surface area contributed by atoms with Crippen molar-refractivity contribution in [3.05, 3.63) is 11.6 Å². The molecule has 1 atom stereocenters. The Hall–Kier alpha value is -0.0831. The van der Waals surface area contributed by atoms with Crippen LogP contribution in [0.5, 0.6) is 0 Å². The zero-order valence-electron chi connectivity index (χ0n) is 16.7. The molecule has 0 aliphatic heterocycles. The van der Waals surface area contributed by atoms with E-state index in [-0.39, 0.29) is 0 Å². The van der Waals surface area contributed by atoms with Gasteiger partial charge in [-0.15, -0.1) is 0 Å². The second-order valence-electron chi connectivity index (χ2n) is 8.36. The standard InChI is InChI=1S/C20H42OSi/c1-9-11-12-13-14-15-16-19(10-2)17-18(3)21-22(7,8)20(4,5)6/h10,18H,9,11-17H2,1-8H3/b19-10+. The quantitative estimate of drug-likeness (QED) is 0.217. The normalized spacial score (nSPS) is 15.2. The maximum Gasteiger partial charge on any atom is 0.192 e.